The fourth-order valence-corrected chi connectivity index (χ4v) is 4.47. The molecule has 2 heterocycles. The average Bonchev–Trinajstić information content (AvgIpc) is 3.20. The number of non-ortho nitro benzene ring substituents is 1. The van der Waals surface area contributed by atoms with E-state index in [4.69, 9.17) is 11.6 Å². The Bertz CT molecular complexity index is 1190. The predicted octanol–water partition coefficient (Wildman–Crippen LogP) is 4.24. The highest BCUT2D eigenvalue weighted by Gasteiger charge is 2.15. The summed E-state index contributed by atoms with van der Waals surface area (Å²) in [6.07, 6.45) is 0. The van der Waals surface area contributed by atoms with Crippen LogP contribution in [0.15, 0.2) is 47.6 Å². The smallest absolute Gasteiger partial charge is 0.271 e. The molecule has 4 rings (SSSR count). The van der Waals surface area contributed by atoms with Crippen molar-refractivity contribution in [3.8, 4) is 0 Å². The van der Waals surface area contributed by atoms with Crippen LogP contribution in [0.3, 0.4) is 0 Å². The van der Waals surface area contributed by atoms with Crippen molar-refractivity contribution in [1.29, 1.82) is 0 Å². The highest BCUT2D eigenvalue weighted by atomic mass is 35.5. The van der Waals surface area contributed by atoms with E-state index in [1.54, 1.807) is 0 Å². The zero-order valence-electron chi connectivity index (χ0n) is 13.5. The molecule has 0 aliphatic heterocycles. The largest absolute Gasteiger partial charge is 0.324 e. The first-order chi connectivity index (χ1) is 13.0. The second kappa shape index (κ2) is 7.14. The maximum absolute atomic E-state index is 12.2. The average molecular weight is 420 g/mol. The van der Waals surface area contributed by atoms with Gasteiger partial charge in [-0.15, -0.1) is 10.2 Å². The van der Waals surface area contributed by atoms with Crippen LogP contribution in [0.1, 0.15) is 0 Å². The Morgan fingerprint density at radius 1 is 1.30 bits per heavy atom. The summed E-state index contributed by atoms with van der Waals surface area (Å²) in [6.45, 7) is 0. The Morgan fingerprint density at radius 2 is 2.11 bits per heavy atom. The summed E-state index contributed by atoms with van der Waals surface area (Å²) < 4.78 is 3.00. The van der Waals surface area contributed by atoms with Gasteiger partial charge in [0.2, 0.25) is 10.9 Å². The van der Waals surface area contributed by atoms with Crippen LogP contribution in [0.4, 0.5) is 11.4 Å². The lowest BCUT2D eigenvalue weighted by Gasteiger charge is -2.06. The zero-order chi connectivity index (χ0) is 19.0. The summed E-state index contributed by atoms with van der Waals surface area (Å²) in [4.78, 5) is 23.2. The normalized spacial score (nSPS) is 11.1. The van der Waals surface area contributed by atoms with Crippen molar-refractivity contribution >= 4 is 67.2 Å². The van der Waals surface area contributed by atoms with Crippen LogP contribution in [-0.2, 0) is 4.79 Å². The first-order valence-corrected chi connectivity index (χ1v) is 9.80. The molecule has 1 amide bonds. The first-order valence-electron chi connectivity index (χ1n) is 7.62. The minimum Gasteiger partial charge on any atom is -0.324 e. The molecule has 2 aromatic heterocycles. The zero-order valence-corrected chi connectivity index (χ0v) is 15.8. The Balaban J connectivity index is 1.48. The van der Waals surface area contributed by atoms with E-state index in [0.717, 1.165) is 15.2 Å². The Morgan fingerprint density at radius 3 is 2.89 bits per heavy atom. The molecular formula is C16H10ClN5O3S2. The second-order valence-corrected chi connectivity index (χ2v) is 7.79. The van der Waals surface area contributed by atoms with E-state index >= 15 is 0 Å². The van der Waals surface area contributed by atoms with Crippen LogP contribution >= 0.6 is 34.7 Å². The molecule has 27 heavy (non-hydrogen) atoms. The number of thioether (sulfide) groups is 1. The molecule has 4 aromatic rings. The van der Waals surface area contributed by atoms with Gasteiger partial charge in [0.15, 0.2) is 5.16 Å². The molecule has 0 aliphatic rings. The molecule has 0 fully saturated rings. The van der Waals surface area contributed by atoms with Gasteiger partial charge in [0.1, 0.15) is 0 Å². The van der Waals surface area contributed by atoms with Crippen LogP contribution in [0.5, 0.6) is 0 Å². The van der Waals surface area contributed by atoms with E-state index in [0.29, 0.717) is 10.8 Å². The monoisotopic (exact) mass is 419 g/mol. The van der Waals surface area contributed by atoms with E-state index in [9.17, 15) is 14.9 Å². The molecule has 0 spiro atoms. The molecule has 0 saturated carbocycles. The van der Waals surface area contributed by atoms with Crippen LogP contribution in [0.2, 0.25) is 5.02 Å². The molecule has 0 unspecified atom stereocenters. The Hall–Kier alpha value is -2.69. The Kier molecular flexibility index (Phi) is 4.68. The van der Waals surface area contributed by atoms with Gasteiger partial charge in [0, 0.05) is 12.1 Å². The van der Waals surface area contributed by atoms with Gasteiger partial charge in [-0.05, 0) is 18.2 Å². The third-order valence-electron chi connectivity index (χ3n) is 3.68. The number of aromatic nitrogens is 3. The minimum absolute atomic E-state index is 0.0955. The Labute approximate surface area is 165 Å². The number of carbonyl (C=O) groups excluding carboxylic acids is 1. The molecule has 0 bridgehead atoms. The standard InChI is InChI=1S/C16H10ClN5O3S2/c17-10-7-9(22(24)25)5-6-11(10)18-14(23)8-26-15-19-20-16-21(15)12-3-1-2-4-13(12)27-16/h1-7H,8H2,(H,18,23). The predicted molar refractivity (Wildman–Crippen MR) is 106 cm³/mol. The van der Waals surface area contributed by atoms with Crippen molar-refractivity contribution in [2.45, 2.75) is 5.16 Å². The number of nitrogens with one attached hydrogen (secondary N) is 1. The van der Waals surface area contributed by atoms with Crippen molar-refractivity contribution in [3.63, 3.8) is 0 Å². The van der Waals surface area contributed by atoms with E-state index in [-0.39, 0.29) is 22.4 Å². The van der Waals surface area contributed by atoms with Gasteiger partial charge in [0.05, 0.1) is 31.6 Å². The summed E-state index contributed by atoms with van der Waals surface area (Å²) in [5, 5.41) is 22.4. The second-order valence-electron chi connectivity index (χ2n) is 5.43. The molecule has 0 aliphatic carbocycles. The number of carbonyl (C=O) groups is 1. The van der Waals surface area contributed by atoms with Crippen LogP contribution in [0, 0.1) is 10.1 Å². The van der Waals surface area contributed by atoms with Crippen molar-refractivity contribution in [2.75, 3.05) is 11.1 Å². The highest BCUT2D eigenvalue weighted by molar-refractivity contribution is 7.99. The molecule has 2 aromatic carbocycles. The van der Waals surface area contributed by atoms with E-state index in [1.165, 1.54) is 41.3 Å². The number of thiazole rings is 1. The molecule has 1 N–H and O–H groups in total. The SMILES string of the molecule is O=C(CSc1nnc2sc3ccccc3n12)Nc1ccc([N+](=O)[O-])cc1Cl. The quantitative estimate of drug-likeness (QED) is 0.295. The first kappa shape index (κ1) is 17.7. The van der Waals surface area contributed by atoms with Gasteiger partial charge in [-0.25, -0.2) is 0 Å². The lowest BCUT2D eigenvalue weighted by atomic mass is 10.3. The molecule has 136 valence electrons. The number of para-hydroxylation sites is 1. The van der Waals surface area contributed by atoms with Crippen LogP contribution < -0.4 is 5.32 Å². The maximum Gasteiger partial charge on any atom is 0.271 e. The number of hydrogen-bond donors (Lipinski definition) is 1. The summed E-state index contributed by atoms with van der Waals surface area (Å²) in [5.74, 6) is -0.204. The van der Waals surface area contributed by atoms with Gasteiger partial charge in [-0.2, -0.15) is 0 Å². The van der Waals surface area contributed by atoms with Gasteiger partial charge < -0.3 is 5.32 Å². The number of nitro benzene ring substituents is 1. The number of rotatable bonds is 5. The molecule has 0 radical (unpaired) electrons. The van der Waals surface area contributed by atoms with Crippen molar-refractivity contribution in [2.24, 2.45) is 0 Å². The van der Waals surface area contributed by atoms with E-state index < -0.39 is 4.92 Å². The van der Waals surface area contributed by atoms with Gasteiger partial charge in [0.25, 0.3) is 5.69 Å². The summed E-state index contributed by atoms with van der Waals surface area (Å²) >= 11 is 8.77. The lowest BCUT2D eigenvalue weighted by Crippen LogP contribution is -2.14. The van der Waals surface area contributed by atoms with Gasteiger partial charge >= 0.3 is 0 Å². The molecule has 0 saturated heterocycles. The molecule has 11 heteroatoms. The summed E-state index contributed by atoms with van der Waals surface area (Å²) in [6, 6.07) is 11.8. The fourth-order valence-electron chi connectivity index (χ4n) is 2.48. The van der Waals surface area contributed by atoms with E-state index in [2.05, 4.69) is 15.5 Å². The third-order valence-corrected chi connectivity index (χ3v) is 5.93. The molecular weight excluding hydrogens is 410 g/mol. The number of nitrogens with zero attached hydrogens (tertiary/aromatic N) is 4. The molecule has 8 nitrogen and oxygen atoms in total. The summed E-state index contributed by atoms with van der Waals surface area (Å²) in [5.41, 5.74) is 1.17. The number of anilines is 1. The van der Waals surface area contributed by atoms with Crippen LogP contribution in [0.25, 0.3) is 15.2 Å². The number of hydrogen-bond acceptors (Lipinski definition) is 7. The number of nitro groups is 1. The van der Waals surface area contributed by atoms with E-state index in [1.807, 2.05) is 28.7 Å². The fraction of sp³-hybridized carbons (Fsp3) is 0.0625. The van der Waals surface area contributed by atoms with Crippen molar-refractivity contribution in [3.05, 3.63) is 57.6 Å². The summed E-state index contributed by atoms with van der Waals surface area (Å²) in [7, 11) is 0. The van der Waals surface area contributed by atoms with Gasteiger partial charge in [-0.1, -0.05) is 46.8 Å². The number of fused-ring (bicyclic) bond motifs is 3. The highest BCUT2D eigenvalue weighted by Crippen LogP contribution is 2.30. The van der Waals surface area contributed by atoms with Crippen molar-refractivity contribution in [1.82, 2.24) is 14.6 Å². The molecule has 0 atom stereocenters. The van der Waals surface area contributed by atoms with Crippen molar-refractivity contribution < 1.29 is 9.72 Å². The number of halogens is 1. The van der Waals surface area contributed by atoms with Gasteiger partial charge in [-0.3, -0.25) is 19.3 Å². The minimum atomic E-state index is -0.547. The lowest BCUT2D eigenvalue weighted by molar-refractivity contribution is -0.384. The topological polar surface area (TPSA) is 102 Å². The number of benzene rings is 2. The van der Waals surface area contributed by atoms with Crippen LogP contribution in [-0.4, -0.2) is 31.2 Å². The maximum atomic E-state index is 12.2. The number of amides is 1. The third kappa shape index (κ3) is 3.46.